The van der Waals surface area contributed by atoms with Crippen molar-refractivity contribution in [3.63, 3.8) is 0 Å². The van der Waals surface area contributed by atoms with Gasteiger partial charge in [-0.15, -0.1) is 0 Å². The number of hydrogen-bond donors (Lipinski definition) is 1. The van der Waals surface area contributed by atoms with Crippen LogP contribution in [0.4, 0.5) is 5.82 Å². The number of fused-ring (bicyclic) bond motifs is 1. The first-order chi connectivity index (χ1) is 13.9. The summed E-state index contributed by atoms with van der Waals surface area (Å²) in [6.07, 6.45) is 0. The van der Waals surface area contributed by atoms with Crippen molar-refractivity contribution in [2.45, 2.75) is 11.8 Å². The number of carboxylic acids is 1. The molecule has 1 aliphatic rings. The average Bonchev–Trinajstić information content (AvgIpc) is 2.73. The quantitative estimate of drug-likeness (QED) is 0.700. The van der Waals surface area contributed by atoms with Gasteiger partial charge in [-0.3, -0.25) is 0 Å². The number of carboxylic acid groups (broad SMARTS) is 1. The summed E-state index contributed by atoms with van der Waals surface area (Å²) in [5.41, 5.74) is 2.50. The number of rotatable bonds is 4. The number of hydrogen-bond acceptors (Lipinski definition) is 6. The monoisotopic (exact) mass is 412 g/mol. The molecule has 3 aromatic rings. The fraction of sp³-hybridized carbons (Fsp3) is 0.250. The maximum absolute atomic E-state index is 12.9. The number of anilines is 1. The molecule has 0 unspecified atom stereocenters. The van der Waals surface area contributed by atoms with E-state index in [2.05, 4.69) is 4.98 Å². The van der Waals surface area contributed by atoms with Crippen LogP contribution in [-0.2, 0) is 10.0 Å². The third-order valence-electron chi connectivity index (χ3n) is 5.00. The van der Waals surface area contributed by atoms with Crippen molar-refractivity contribution in [3.05, 3.63) is 59.8 Å². The molecule has 9 heteroatoms. The molecule has 2 aromatic carbocycles. The van der Waals surface area contributed by atoms with E-state index in [1.807, 2.05) is 36.1 Å². The van der Waals surface area contributed by atoms with Crippen molar-refractivity contribution in [3.8, 4) is 0 Å². The molecular weight excluding hydrogens is 392 g/mol. The van der Waals surface area contributed by atoms with Crippen LogP contribution < -0.4 is 4.90 Å². The molecule has 1 aliphatic heterocycles. The highest BCUT2D eigenvalue weighted by molar-refractivity contribution is 7.89. The van der Waals surface area contributed by atoms with Gasteiger partial charge >= 0.3 is 5.97 Å². The molecule has 0 bridgehead atoms. The first kappa shape index (κ1) is 19.3. The Balaban J connectivity index is 1.52. The van der Waals surface area contributed by atoms with E-state index in [-0.39, 0.29) is 10.5 Å². The van der Waals surface area contributed by atoms with E-state index in [0.29, 0.717) is 26.2 Å². The third-order valence-corrected chi connectivity index (χ3v) is 6.91. The van der Waals surface area contributed by atoms with Crippen LogP contribution in [0.3, 0.4) is 0 Å². The molecule has 150 valence electrons. The third kappa shape index (κ3) is 3.66. The molecule has 0 atom stereocenters. The molecule has 2 heterocycles. The number of aromatic carboxylic acids is 1. The van der Waals surface area contributed by atoms with Gasteiger partial charge in [-0.05, 0) is 43.3 Å². The van der Waals surface area contributed by atoms with E-state index in [4.69, 9.17) is 10.1 Å². The molecule has 29 heavy (non-hydrogen) atoms. The highest BCUT2D eigenvalue weighted by atomic mass is 32.2. The Hall–Kier alpha value is -3.04. The van der Waals surface area contributed by atoms with Crippen LogP contribution in [-0.4, -0.2) is 59.9 Å². The predicted octanol–water partition coefficient (Wildman–Crippen LogP) is 2.15. The highest BCUT2D eigenvalue weighted by Gasteiger charge is 2.29. The maximum Gasteiger partial charge on any atom is 0.335 e. The number of nitrogens with zero attached hydrogens (tertiary/aromatic N) is 4. The highest BCUT2D eigenvalue weighted by Crippen LogP contribution is 2.24. The van der Waals surface area contributed by atoms with Crippen molar-refractivity contribution in [2.75, 3.05) is 31.1 Å². The van der Waals surface area contributed by atoms with E-state index in [1.54, 1.807) is 0 Å². The van der Waals surface area contributed by atoms with Gasteiger partial charge in [0.25, 0.3) is 0 Å². The zero-order valence-corrected chi connectivity index (χ0v) is 16.6. The largest absolute Gasteiger partial charge is 0.478 e. The van der Waals surface area contributed by atoms with Crippen molar-refractivity contribution in [1.82, 2.24) is 14.3 Å². The van der Waals surface area contributed by atoms with E-state index in [9.17, 15) is 13.2 Å². The van der Waals surface area contributed by atoms with Gasteiger partial charge in [-0.1, -0.05) is 12.1 Å². The first-order valence-electron chi connectivity index (χ1n) is 9.18. The Bertz CT molecular complexity index is 1170. The van der Waals surface area contributed by atoms with Gasteiger partial charge in [0, 0.05) is 26.2 Å². The molecule has 1 fully saturated rings. The predicted molar refractivity (Wildman–Crippen MR) is 109 cm³/mol. The second-order valence-electron chi connectivity index (χ2n) is 6.84. The number of aromatic nitrogens is 2. The van der Waals surface area contributed by atoms with Gasteiger partial charge in [0.1, 0.15) is 0 Å². The topological polar surface area (TPSA) is 104 Å². The molecule has 1 saturated heterocycles. The van der Waals surface area contributed by atoms with Gasteiger partial charge in [-0.2, -0.15) is 4.31 Å². The van der Waals surface area contributed by atoms with Gasteiger partial charge in [-0.25, -0.2) is 23.2 Å². The van der Waals surface area contributed by atoms with Crippen LogP contribution in [0.2, 0.25) is 0 Å². The molecule has 1 aromatic heterocycles. The lowest BCUT2D eigenvalue weighted by Crippen LogP contribution is -2.49. The summed E-state index contributed by atoms with van der Waals surface area (Å²) >= 11 is 0. The lowest BCUT2D eigenvalue weighted by molar-refractivity contribution is 0.0696. The number of carbonyl (C=O) groups is 1. The Kier molecular flexibility index (Phi) is 4.93. The molecule has 0 amide bonds. The summed E-state index contributed by atoms with van der Waals surface area (Å²) in [6.45, 7) is 3.54. The normalized spacial score (nSPS) is 15.6. The second kappa shape index (κ2) is 7.41. The van der Waals surface area contributed by atoms with Gasteiger partial charge < -0.3 is 10.0 Å². The fourth-order valence-corrected chi connectivity index (χ4v) is 4.86. The number of benzene rings is 2. The summed E-state index contributed by atoms with van der Waals surface area (Å²) in [7, 11) is -3.68. The zero-order chi connectivity index (χ0) is 20.6. The van der Waals surface area contributed by atoms with Crippen molar-refractivity contribution in [1.29, 1.82) is 0 Å². The van der Waals surface area contributed by atoms with Gasteiger partial charge in [0.05, 0.1) is 27.2 Å². The van der Waals surface area contributed by atoms with Gasteiger partial charge in [0.15, 0.2) is 5.82 Å². The summed E-state index contributed by atoms with van der Waals surface area (Å²) in [4.78, 5) is 22.4. The number of piperazine rings is 1. The van der Waals surface area contributed by atoms with E-state index in [1.165, 1.54) is 28.6 Å². The first-order valence-corrected chi connectivity index (χ1v) is 10.6. The van der Waals surface area contributed by atoms with Crippen LogP contribution in [0.25, 0.3) is 11.0 Å². The van der Waals surface area contributed by atoms with Crippen LogP contribution in [0.1, 0.15) is 16.1 Å². The van der Waals surface area contributed by atoms with Crippen LogP contribution in [0, 0.1) is 6.92 Å². The summed E-state index contributed by atoms with van der Waals surface area (Å²) in [5.74, 6) is -0.319. The smallest absolute Gasteiger partial charge is 0.335 e. The Morgan fingerprint density at radius 3 is 2.10 bits per heavy atom. The minimum atomic E-state index is -3.68. The lowest BCUT2D eigenvalue weighted by atomic mass is 10.2. The van der Waals surface area contributed by atoms with Crippen molar-refractivity contribution < 1.29 is 18.3 Å². The van der Waals surface area contributed by atoms with Crippen molar-refractivity contribution >= 4 is 32.8 Å². The molecule has 1 N–H and O–H groups in total. The number of sulfonamides is 1. The standard InChI is InChI=1S/C20H20N4O4S/c1-14-19(22-18-5-3-2-4-17(18)21-14)23-10-12-24(13-11-23)29(27,28)16-8-6-15(7-9-16)20(25)26/h2-9H,10-13H2,1H3,(H,25,26). The fourth-order valence-electron chi connectivity index (χ4n) is 3.44. The van der Waals surface area contributed by atoms with E-state index < -0.39 is 16.0 Å². The molecule has 0 spiro atoms. The lowest BCUT2D eigenvalue weighted by Gasteiger charge is -2.35. The van der Waals surface area contributed by atoms with E-state index in [0.717, 1.165) is 22.5 Å². The Labute approximate surface area is 168 Å². The minimum Gasteiger partial charge on any atom is -0.478 e. The van der Waals surface area contributed by atoms with Crippen molar-refractivity contribution in [2.24, 2.45) is 0 Å². The van der Waals surface area contributed by atoms with Crippen LogP contribution in [0.5, 0.6) is 0 Å². The molecule has 0 saturated carbocycles. The summed E-state index contributed by atoms with van der Waals surface area (Å²) < 4.78 is 27.2. The van der Waals surface area contributed by atoms with E-state index >= 15 is 0 Å². The SMILES string of the molecule is Cc1nc2ccccc2nc1N1CCN(S(=O)(=O)c2ccc(C(=O)O)cc2)CC1. The molecule has 4 rings (SSSR count). The number of aryl methyl sites for hydroxylation is 1. The maximum atomic E-state index is 12.9. The minimum absolute atomic E-state index is 0.0547. The summed E-state index contributed by atoms with van der Waals surface area (Å²) in [6, 6.07) is 12.9. The second-order valence-corrected chi connectivity index (χ2v) is 8.78. The molecular formula is C20H20N4O4S. The summed E-state index contributed by atoms with van der Waals surface area (Å²) in [5, 5.41) is 8.98. The Morgan fingerprint density at radius 1 is 0.931 bits per heavy atom. The average molecular weight is 412 g/mol. The molecule has 8 nitrogen and oxygen atoms in total. The molecule has 0 radical (unpaired) electrons. The molecule has 0 aliphatic carbocycles. The van der Waals surface area contributed by atoms with Gasteiger partial charge in [0.2, 0.25) is 10.0 Å². The van der Waals surface area contributed by atoms with Crippen LogP contribution in [0.15, 0.2) is 53.4 Å². The Morgan fingerprint density at radius 2 is 1.52 bits per heavy atom. The zero-order valence-electron chi connectivity index (χ0n) is 15.8. The number of para-hydroxylation sites is 2. The van der Waals surface area contributed by atoms with Crippen LogP contribution >= 0.6 is 0 Å².